The number of rotatable bonds is 7. The maximum absolute atomic E-state index is 12.6. The molecule has 1 fully saturated rings. The standard InChI is InChI=1S/C20H26N4O4S/c1-16-6-7-17(15-18(16)28-2)20(25)22-9-14-29(26,27)24-12-10-23(11-13-24)19-5-3-4-8-21-19/h3-8,15H,9-14H2,1-2H3,(H,22,25). The predicted octanol–water partition coefficient (Wildman–Crippen LogP) is 1.28. The van der Waals surface area contributed by atoms with Crippen molar-refractivity contribution in [2.24, 2.45) is 0 Å². The van der Waals surface area contributed by atoms with Crippen LogP contribution in [0.25, 0.3) is 0 Å². The molecule has 0 aliphatic carbocycles. The van der Waals surface area contributed by atoms with Crippen LogP contribution in [0.15, 0.2) is 42.6 Å². The van der Waals surface area contributed by atoms with Crippen LogP contribution < -0.4 is 15.0 Å². The summed E-state index contributed by atoms with van der Waals surface area (Å²) in [5.41, 5.74) is 1.37. The van der Waals surface area contributed by atoms with Gasteiger partial charge in [0.1, 0.15) is 11.6 Å². The van der Waals surface area contributed by atoms with Gasteiger partial charge >= 0.3 is 0 Å². The number of aromatic nitrogens is 1. The molecule has 1 aromatic heterocycles. The molecule has 0 atom stereocenters. The van der Waals surface area contributed by atoms with Gasteiger partial charge in [0.15, 0.2) is 0 Å². The number of sulfonamides is 1. The number of piperazine rings is 1. The van der Waals surface area contributed by atoms with Crippen molar-refractivity contribution >= 4 is 21.7 Å². The van der Waals surface area contributed by atoms with Crippen LogP contribution in [0.5, 0.6) is 5.75 Å². The molecule has 2 aromatic rings. The molecule has 1 amide bonds. The van der Waals surface area contributed by atoms with Crippen molar-refractivity contribution < 1.29 is 17.9 Å². The molecule has 156 valence electrons. The number of amides is 1. The first-order chi connectivity index (χ1) is 13.9. The average molecular weight is 419 g/mol. The van der Waals surface area contributed by atoms with E-state index in [-0.39, 0.29) is 18.2 Å². The lowest BCUT2D eigenvalue weighted by atomic mass is 10.1. The predicted molar refractivity (Wildman–Crippen MR) is 112 cm³/mol. The maximum Gasteiger partial charge on any atom is 0.251 e. The first-order valence-corrected chi connectivity index (χ1v) is 11.1. The zero-order valence-corrected chi connectivity index (χ0v) is 17.5. The molecule has 0 spiro atoms. The highest BCUT2D eigenvalue weighted by molar-refractivity contribution is 7.89. The molecule has 0 bridgehead atoms. The summed E-state index contributed by atoms with van der Waals surface area (Å²) in [6.45, 7) is 3.93. The minimum Gasteiger partial charge on any atom is -0.496 e. The number of carbonyl (C=O) groups is 1. The fourth-order valence-corrected chi connectivity index (χ4v) is 4.56. The van der Waals surface area contributed by atoms with Crippen LogP contribution in [0.2, 0.25) is 0 Å². The number of nitrogens with one attached hydrogen (secondary N) is 1. The highest BCUT2D eigenvalue weighted by atomic mass is 32.2. The van der Waals surface area contributed by atoms with Crippen LogP contribution in [-0.2, 0) is 10.0 Å². The topological polar surface area (TPSA) is 91.8 Å². The van der Waals surface area contributed by atoms with E-state index in [2.05, 4.69) is 15.2 Å². The monoisotopic (exact) mass is 418 g/mol. The van der Waals surface area contributed by atoms with Crippen LogP contribution in [0.4, 0.5) is 5.82 Å². The van der Waals surface area contributed by atoms with Gasteiger partial charge in [-0.25, -0.2) is 13.4 Å². The smallest absolute Gasteiger partial charge is 0.251 e. The summed E-state index contributed by atoms with van der Waals surface area (Å²) in [4.78, 5) is 18.7. The quantitative estimate of drug-likeness (QED) is 0.728. The van der Waals surface area contributed by atoms with E-state index in [4.69, 9.17) is 4.74 Å². The summed E-state index contributed by atoms with van der Waals surface area (Å²) in [6.07, 6.45) is 1.73. The number of aryl methyl sites for hydroxylation is 1. The SMILES string of the molecule is COc1cc(C(=O)NCCS(=O)(=O)N2CCN(c3ccccn3)CC2)ccc1C. The van der Waals surface area contributed by atoms with Crippen LogP contribution in [0.1, 0.15) is 15.9 Å². The van der Waals surface area contributed by atoms with Crippen LogP contribution in [0, 0.1) is 6.92 Å². The molecule has 3 rings (SSSR count). The lowest BCUT2D eigenvalue weighted by Gasteiger charge is -2.34. The molecule has 9 heteroatoms. The highest BCUT2D eigenvalue weighted by Crippen LogP contribution is 2.19. The largest absolute Gasteiger partial charge is 0.496 e. The van der Waals surface area contributed by atoms with Gasteiger partial charge in [-0.15, -0.1) is 0 Å². The minimum atomic E-state index is -3.44. The Bertz CT molecular complexity index is 942. The Morgan fingerprint density at radius 2 is 1.93 bits per heavy atom. The first kappa shape index (κ1) is 21.1. The molecule has 0 unspecified atom stereocenters. The van der Waals surface area contributed by atoms with E-state index < -0.39 is 10.0 Å². The number of anilines is 1. The second-order valence-electron chi connectivity index (χ2n) is 6.83. The number of ether oxygens (including phenoxy) is 1. The van der Waals surface area contributed by atoms with Gasteiger partial charge in [0.05, 0.1) is 12.9 Å². The average Bonchev–Trinajstić information content (AvgIpc) is 2.74. The number of nitrogens with zero attached hydrogens (tertiary/aromatic N) is 3. The molecule has 2 heterocycles. The van der Waals surface area contributed by atoms with Gasteiger partial charge in [-0.1, -0.05) is 12.1 Å². The third-order valence-corrected chi connectivity index (χ3v) is 6.79. The van der Waals surface area contributed by atoms with Crippen LogP contribution in [-0.4, -0.2) is 69.2 Å². The van der Waals surface area contributed by atoms with Crippen molar-refractivity contribution in [2.45, 2.75) is 6.92 Å². The van der Waals surface area contributed by atoms with Crippen molar-refractivity contribution in [3.05, 3.63) is 53.7 Å². The zero-order chi connectivity index (χ0) is 20.9. The summed E-state index contributed by atoms with van der Waals surface area (Å²) in [7, 11) is -1.89. The zero-order valence-electron chi connectivity index (χ0n) is 16.7. The van der Waals surface area contributed by atoms with Crippen LogP contribution in [0.3, 0.4) is 0 Å². The number of hydrogen-bond donors (Lipinski definition) is 1. The molecule has 29 heavy (non-hydrogen) atoms. The van der Waals surface area contributed by atoms with Gasteiger partial charge in [0.25, 0.3) is 5.91 Å². The second kappa shape index (κ2) is 9.23. The Morgan fingerprint density at radius 3 is 2.59 bits per heavy atom. The third-order valence-electron chi connectivity index (χ3n) is 4.92. The number of benzene rings is 1. The summed E-state index contributed by atoms with van der Waals surface area (Å²) in [5.74, 6) is 1.02. The molecular formula is C20H26N4O4S. The van der Waals surface area contributed by atoms with Gasteiger partial charge in [-0.3, -0.25) is 4.79 Å². The summed E-state index contributed by atoms with van der Waals surface area (Å²) >= 11 is 0. The fourth-order valence-electron chi connectivity index (χ4n) is 3.22. The molecule has 1 aliphatic rings. The van der Waals surface area contributed by atoms with Crippen molar-refractivity contribution in [1.82, 2.24) is 14.6 Å². The molecular weight excluding hydrogens is 392 g/mol. The molecule has 0 radical (unpaired) electrons. The number of pyridine rings is 1. The molecule has 0 saturated carbocycles. The van der Waals surface area contributed by atoms with Crippen LogP contribution >= 0.6 is 0 Å². The number of hydrogen-bond acceptors (Lipinski definition) is 6. The molecule has 1 aliphatic heterocycles. The molecule has 1 aromatic carbocycles. The number of carbonyl (C=O) groups excluding carboxylic acids is 1. The van der Waals surface area contributed by atoms with E-state index in [0.29, 0.717) is 37.5 Å². The van der Waals surface area contributed by atoms with Gasteiger partial charge in [-0.05, 0) is 36.8 Å². The van der Waals surface area contributed by atoms with Gasteiger partial charge < -0.3 is 15.0 Å². The van der Waals surface area contributed by atoms with E-state index in [1.807, 2.05) is 25.1 Å². The Hall–Kier alpha value is -2.65. The molecule has 8 nitrogen and oxygen atoms in total. The third kappa shape index (κ3) is 5.24. The van der Waals surface area contributed by atoms with Gasteiger partial charge in [0.2, 0.25) is 10.0 Å². The van der Waals surface area contributed by atoms with Gasteiger partial charge in [0, 0.05) is 44.5 Å². The normalized spacial score (nSPS) is 15.2. The number of methoxy groups -OCH3 is 1. The summed E-state index contributed by atoms with van der Waals surface area (Å²) in [6, 6.07) is 10.8. The van der Waals surface area contributed by atoms with E-state index in [1.54, 1.807) is 31.5 Å². The van der Waals surface area contributed by atoms with Crippen molar-refractivity contribution in [3.63, 3.8) is 0 Å². The van der Waals surface area contributed by atoms with Crippen molar-refractivity contribution in [3.8, 4) is 5.75 Å². The van der Waals surface area contributed by atoms with Gasteiger partial charge in [-0.2, -0.15) is 4.31 Å². The Balaban J connectivity index is 1.50. The molecule has 1 saturated heterocycles. The second-order valence-corrected chi connectivity index (χ2v) is 8.92. The molecule has 1 N–H and O–H groups in total. The Kier molecular flexibility index (Phi) is 6.71. The maximum atomic E-state index is 12.6. The Labute approximate surface area is 171 Å². The Morgan fingerprint density at radius 1 is 1.17 bits per heavy atom. The van der Waals surface area contributed by atoms with E-state index in [0.717, 1.165) is 11.4 Å². The van der Waals surface area contributed by atoms with E-state index >= 15 is 0 Å². The van der Waals surface area contributed by atoms with Crippen molar-refractivity contribution in [1.29, 1.82) is 0 Å². The lowest BCUT2D eigenvalue weighted by molar-refractivity contribution is 0.0955. The van der Waals surface area contributed by atoms with Crippen molar-refractivity contribution in [2.75, 3.05) is 50.5 Å². The summed E-state index contributed by atoms with van der Waals surface area (Å²) < 4.78 is 31.9. The summed E-state index contributed by atoms with van der Waals surface area (Å²) in [5, 5.41) is 2.68. The minimum absolute atomic E-state index is 0.0534. The fraction of sp³-hybridized carbons (Fsp3) is 0.400. The highest BCUT2D eigenvalue weighted by Gasteiger charge is 2.27. The van der Waals surface area contributed by atoms with E-state index in [9.17, 15) is 13.2 Å². The lowest BCUT2D eigenvalue weighted by Crippen LogP contribution is -2.50. The first-order valence-electron chi connectivity index (χ1n) is 9.47. The van der Waals surface area contributed by atoms with E-state index in [1.165, 1.54) is 4.31 Å².